The highest BCUT2D eigenvalue weighted by molar-refractivity contribution is 5.89. The van der Waals surface area contributed by atoms with Crippen LogP contribution in [0.3, 0.4) is 0 Å². The van der Waals surface area contributed by atoms with Crippen LogP contribution in [-0.4, -0.2) is 28.4 Å². The molecule has 0 fully saturated rings. The third-order valence-electron chi connectivity index (χ3n) is 2.87. The summed E-state index contributed by atoms with van der Waals surface area (Å²) in [6.07, 6.45) is 0.901. The molecule has 0 unspecified atom stereocenters. The van der Waals surface area contributed by atoms with Crippen LogP contribution < -0.4 is 5.32 Å². The number of aryl methyl sites for hydroxylation is 1. The fourth-order valence-electron chi connectivity index (χ4n) is 2.05. The second-order valence-electron chi connectivity index (χ2n) is 4.10. The molecule has 1 aromatic rings. The van der Waals surface area contributed by atoms with Gasteiger partial charge in [0.25, 0.3) is 0 Å². The fourth-order valence-corrected chi connectivity index (χ4v) is 2.05. The van der Waals surface area contributed by atoms with Crippen LogP contribution in [0.2, 0.25) is 0 Å². The lowest BCUT2D eigenvalue weighted by molar-refractivity contribution is 0.0517. The molecule has 5 nitrogen and oxygen atoms in total. The maximum Gasteiger partial charge on any atom is 0.359 e. The topological polar surface area (TPSA) is 56.1 Å². The highest BCUT2D eigenvalue weighted by Gasteiger charge is 2.26. The Hall–Kier alpha value is -1.36. The number of nitrogens with one attached hydrogen (secondary N) is 1. The van der Waals surface area contributed by atoms with E-state index < -0.39 is 0 Å². The van der Waals surface area contributed by atoms with Gasteiger partial charge in [-0.1, -0.05) is 0 Å². The van der Waals surface area contributed by atoms with Gasteiger partial charge in [-0.3, -0.25) is 4.68 Å². The van der Waals surface area contributed by atoms with Crippen molar-refractivity contribution in [3.05, 3.63) is 17.0 Å². The Morgan fingerprint density at radius 3 is 3.12 bits per heavy atom. The van der Waals surface area contributed by atoms with Crippen molar-refractivity contribution in [1.82, 2.24) is 15.1 Å². The summed E-state index contributed by atoms with van der Waals surface area (Å²) in [6, 6.07) is 0.429. The monoisotopic (exact) mass is 223 g/mol. The number of hydrogen-bond donors (Lipinski definition) is 1. The molecule has 1 aromatic heterocycles. The molecule has 0 saturated heterocycles. The molecule has 2 heterocycles. The van der Waals surface area contributed by atoms with E-state index in [0.29, 0.717) is 24.9 Å². The number of fused-ring (bicyclic) bond motifs is 1. The smallest absolute Gasteiger partial charge is 0.359 e. The van der Waals surface area contributed by atoms with Gasteiger partial charge < -0.3 is 10.1 Å². The number of esters is 1. The molecule has 0 amide bonds. The molecule has 2 rings (SSSR count). The number of carbonyl (C=O) groups is 1. The number of carbonyl (C=O) groups excluding carboxylic acids is 1. The van der Waals surface area contributed by atoms with E-state index in [1.165, 1.54) is 0 Å². The van der Waals surface area contributed by atoms with Gasteiger partial charge in [-0.2, -0.15) is 5.10 Å². The zero-order valence-corrected chi connectivity index (χ0v) is 9.91. The van der Waals surface area contributed by atoms with Gasteiger partial charge in [0.2, 0.25) is 0 Å². The van der Waals surface area contributed by atoms with Crippen LogP contribution in [0.5, 0.6) is 0 Å². The molecule has 0 aliphatic carbocycles. The Kier molecular flexibility index (Phi) is 2.96. The first-order valence-corrected chi connectivity index (χ1v) is 5.58. The van der Waals surface area contributed by atoms with E-state index >= 15 is 0 Å². The second-order valence-corrected chi connectivity index (χ2v) is 4.10. The first kappa shape index (κ1) is 11.1. The van der Waals surface area contributed by atoms with Gasteiger partial charge >= 0.3 is 5.97 Å². The Bertz CT molecular complexity index is 412. The normalized spacial score (nSPS) is 19.3. The first-order valence-electron chi connectivity index (χ1n) is 5.58. The molecule has 0 saturated carbocycles. The summed E-state index contributed by atoms with van der Waals surface area (Å²) in [5.41, 5.74) is 2.58. The predicted molar refractivity (Wildman–Crippen MR) is 59.2 cm³/mol. The lowest BCUT2D eigenvalue weighted by Crippen LogP contribution is -2.33. The average molecular weight is 223 g/mol. The van der Waals surface area contributed by atoms with Crippen molar-refractivity contribution in [2.75, 3.05) is 6.61 Å². The quantitative estimate of drug-likeness (QED) is 0.747. The summed E-state index contributed by atoms with van der Waals surface area (Å²) in [5, 5.41) is 7.58. The highest BCUT2D eigenvalue weighted by atomic mass is 16.5. The van der Waals surface area contributed by atoms with E-state index in [4.69, 9.17) is 4.74 Å². The molecule has 88 valence electrons. The zero-order chi connectivity index (χ0) is 11.7. The molecular formula is C11H17N3O2. The van der Waals surface area contributed by atoms with Crippen LogP contribution in [0.25, 0.3) is 0 Å². The zero-order valence-electron chi connectivity index (χ0n) is 9.91. The Labute approximate surface area is 94.8 Å². The van der Waals surface area contributed by atoms with Gasteiger partial charge in [-0.15, -0.1) is 0 Å². The highest BCUT2D eigenvalue weighted by Crippen LogP contribution is 2.20. The molecule has 1 atom stereocenters. The van der Waals surface area contributed by atoms with E-state index in [2.05, 4.69) is 17.3 Å². The Morgan fingerprint density at radius 2 is 2.44 bits per heavy atom. The standard InChI is InChI=1S/C11H17N3O2/c1-4-16-11(15)10-8-6-12-7(2)5-9(8)14(3)13-10/h7,12H,4-6H2,1-3H3/t7-/m0/s1. The van der Waals surface area contributed by atoms with Crippen molar-refractivity contribution in [1.29, 1.82) is 0 Å². The molecule has 1 aliphatic rings. The number of nitrogens with zero attached hydrogens (tertiary/aromatic N) is 2. The SMILES string of the molecule is CCOC(=O)c1nn(C)c2c1CN[C@@H](C)C2. The van der Waals surface area contributed by atoms with Crippen LogP contribution in [-0.2, 0) is 24.8 Å². The lowest BCUT2D eigenvalue weighted by Gasteiger charge is -2.20. The van der Waals surface area contributed by atoms with Crippen molar-refractivity contribution in [2.45, 2.75) is 32.9 Å². The largest absolute Gasteiger partial charge is 0.461 e. The van der Waals surface area contributed by atoms with Crippen molar-refractivity contribution >= 4 is 5.97 Å². The molecule has 1 aliphatic heterocycles. The lowest BCUT2D eigenvalue weighted by atomic mass is 10.0. The van der Waals surface area contributed by atoms with E-state index in [9.17, 15) is 4.79 Å². The van der Waals surface area contributed by atoms with Crippen molar-refractivity contribution < 1.29 is 9.53 Å². The average Bonchev–Trinajstić information content (AvgIpc) is 2.56. The van der Waals surface area contributed by atoms with Crippen molar-refractivity contribution in [3.8, 4) is 0 Å². The fraction of sp³-hybridized carbons (Fsp3) is 0.636. The third kappa shape index (κ3) is 1.82. The minimum Gasteiger partial charge on any atom is -0.461 e. The summed E-state index contributed by atoms with van der Waals surface area (Å²) in [6.45, 7) is 5.00. The van der Waals surface area contributed by atoms with E-state index in [1.807, 2.05) is 7.05 Å². The van der Waals surface area contributed by atoms with Crippen LogP contribution in [0.15, 0.2) is 0 Å². The molecule has 1 N–H and O–H groups in total. The van der Waals surface area contributed by atoms with Crippen LogP contribution in [0, 0.1) is 0 Å². The maximum absolute atomic E-state index is 11.7. The minimum atomic E-state index is -0.323. The maximum atomic E-state index is 11.7. The van der Waals surface area contributed by atoms with Crippen LogP contribution in [0.4, 0.5) is 0 Å². The van der Waals surface area contributed by atoms with Gasteiger partial charge in [0.1, 0.15) is 0 Å². The van der Waals surface area contributed by atoms with Crippen LogP contribution >= 0.6 is 0 Å². The summed E-state index contributed by atoms with van der Waals surface area (Å²) in [5.74, 6) is -0.323. The summed E-state index contributed by atoms with van der Waals surface area (Å²) < 4.78 is 6.78. The number of hydrogen-bond acceptors (Lipinski definition) is 4. The molecular weight excluding hydrogens is 206 g/mol. The third-order valence-corrected chi connectivity index (χ3v) is 2.87. The number of rotatable bonds is 2. The Balaban J connectivity index is 2.35. The second kappa shape index (κ2) is 4.25. The van der Waals surface area contributed by atoms with Crippen molar-refractivity contribution in [3.63, 3.8) is 0 Å². The van der Waals surface area contributed by atoms with E-state index in [0.717, 1.165) is 17.7 Å². The molecule has 16 heavy (non-hydrogen) atoms. The Morgan fingerprint density at radius 1 is 1.69 bits per heavy atom. The first-order chi connectivity index (χ1) is 7.63. The summed E-state index contributed by atoms with van der Waals surface area (Å²) >= 11 is 0. The van der Waals surface area contributed by atoms with E-state index in [1.54, 1.807) is 11.6 Å². The molecule has 0 aromatic carbocycles. The van der Waals surface area contributed by atoms with Gasteiger partial charge in [0.05, 0.1) is 6.61 Å². The number of ether oxygens (including phenoxy) is 1. The summed E-state index contributed by atoms with van der Waals surface area (Å²) in [4.78, 5) is 11.7. The predicted octanol–water partition coefficient (Wildman–Crippen LogP) is 0.631. The van der Waals surface area contributed by atoms with Gasteiger partial charge in [0, 0.05) is 37.3 Å². The van der Waals surface area contributed by atoms with E-state index in [-0.39, 0.29) is 5.97 Å². The van der Waals surface area contributed by atoms with Crippen LogP contribution in [0.1, 0.15) is 35.6 Å². The molecule has 5 heteroatoms. The summed E-state index contributed by atoms with van der Waals surface area (Å²) in [7, 11) is 1.87. The molecule has 0 spiro atoms. The van der Waals surface area contributed by atoms with Gasteiger partial charge in [-0.05, 0) is 13.8 Å². The van der Waals surface area contributed by atoms with Gasteiger partial charge in [-0.25, -0.2) is 4.79 Å². The minimum absolute atomic E-state index is 0.323. The molecule has 0 bridgehead atoms. The van der Waals surface area contributed by atoms with Crippen molar-refractivity contribution in [2.24, 2.45) is 7.05 Å². The number of aromatic nitrogens is 2. The van der Waals surface area contributed by atoms with Gasteiger partial charge in [0.15, 0.2) is 5.69 Å². The molecule has 0 radical (unpaired) electrons.